The van der Waals surface area contributed by atoms with E-state index in [-0.39, 0.29) is 18.3 Å². The molecule has 1 heterocycles. The van der Waals surface area contributed by atoms with Gasteiger partial charge >= 0.3 is 0 Å². The molecule has 0 fully saturated rings. The van der Waals surface area contributed by atoms with Gasteiger partial charge in [-0.05, 0) is 49.1 Å². The van der Waals surface area contributed by atoms with Gasteiger partial charge in [0.15, 0.2) is 0 Å². The van der Waals surface area contributed by atoms with E-state index in [4.69, 9.17) is 5.73 Å². The Kier molecular flexibility index (Phi) is 8.83. The second-order valence-electron chi connectivity index (χ2n) is 6.22. The summed E-state index contributed by atoms with van der Waals surface area (Å²) in [5.41, 5.74) is 8.39. The molecule has 3 rings (SSSR count). The number of hydrogen-bond acceptors (Lipinski definition) is 5. The Bertz CT molecular complexity index is 714. The fourth-order valence-electron chi connectivity index (χ4n) is 2.98. The van der Waals surface area contributed by atoms with Crippen LogP contribution in [0.1, 0.15) is 12.8 Å². The van der Waals surface area contributed by atoms with Crippen LogP contribution in [0.15, 0.2) is 58.3 Å². The number of fused-ring (bicyclic) bond motifs is 2. The summed E-state index contributed by atoms with van der Waals surface area (Å²) in [6.45, 7) is 1.49. The smallest absolute Gasteiger partial charge is 0.236 e. The van der Waals surface area contributed by atoms with Crippen LogP contribution in [-0.4, -0.2) is 37.0 Å². The number of thioether (sulfide) groups is 1. The van der Waals surface area contributed by atoms with E-state index in [0.717, 1.165) is 25.1 Å². The third kappa shape index (κ3) is 5.57. The Morgan fingerprint density at radius 3 is 2.33 bits per heavy atom. The summed E-state index contributed by atoms with van der Waals surface area (Å²) in [4.78, 5) is 16.9. The van der Waals surface area contributed by atoms with E-state index in [0.29, 0.717) is 6.54 Å². The minimum absolute atomic E-state index is 0. The van der Waals surface area contributed by atoms with Crippen molar-refractivity contribution in [1.82, 2.24) is 5.32 Å². The fourth-order valence-corrected chi connectivity index (χ4v) is 4.56. The van der Waals surface area contributed by atoms with Gasteiger partial charge in [-0.15, -0.1) is 12.4 Å². The van der Waals surface area contributed by atoms with Crippen LogP contribution < -0.4 is 16.0 Å². The number of anilines is 2. The van der Waals surface area contributed by atoms with E-state index >= 15 is 0 Å². The largest absolute Gasteiger partial charge is 0.355 e. The molecule has 0 radical (unpaired) electrons. The van der Waals surface area contributed by atoms with Gasteiger partial charge in [0.1, 0.15) is 0 Å². The molecule has 1 amide bonds. The predicted octanol–water partition coefficient (Wildman–Crippen LogP) is 4.30. The van der Waals surface area contributed by atoms with E-state index in [1.807, 2.05) is 18.0 Å². The van der Waals surface area contributed by atoms with Crippen molar-refractivity contribution in [2.24, 2.45) is 5.73 Å². The summed E-state index contributed by atoms with van der Waals surface area (Å²) in [7, 11) is 0. The van der Waals surface area contributed by atoms with Gasteiger partial charge < -0.3 is 16.0 Å². The number of carbonyl (C=O) groups excluding carboxylic acids is 1. The lowest BCUT2D eigenvalue weighted by Gasteiger charge is -2.32. The van der Waals surface area contributed by atoms with Gasteiger partial charge in [-0.25, -0.2) is 0 Å². The molecule has 2 aromatic rings. The second-order valence-corrected chi connectivity index (χ2v) is 8.29. The molecule has 0 saturated carbocycles. The van der Waals surface area contributed by atoms with E-state index in [9.17, 15) is 4.79 Å². The average Bonchev–Trinajstić information content (AvgIpc) is 2.68. The zero-order valence-corrected chi connectivity index (χ0v) is 17.8. The van der Waals surface area contributed by atoms with Crippen molar-refractivity contribution in [3.05, 3.63) is 48.5 Å². The third-order valence-corrected chi connectivity index (χ3v) is 6.13. The predicted molar refractivity (Wildman–Crippen MR) is 120 cm³/mol. The summed E-state index contributed by atoms with van der Waals surface area (Å²) < 4.78 is 0. The molecular weight excluding hydrogens is 398 g/mol. The quantitative estimate of drug-likeness (QED) is 0.620. The van der Waals surface area contributed by atoms with Crippen molar-refractivity contribution >= 4 is 53.2 Å². The SMILES string of the molecule is CSCC[C@H](N)C(=O)NCCCN1c2ccccc2Sc2ccccc21.Cl. The van der Waals surface area contributed by atoms with E-state index in [1.165, 1.54) is 21.2 Å². The Morgan fingerprint density at radius 2 is 1.74 bits per heavy atom. The monoisotopic (exact) mass is 423 g/mol. The lowest BCUT2D eigenvalue weighted by Crippen LogP contribution is -2.41. The van der Waals surface area contributed by atoms with E-state index < -0.39 is 6.04 Å². The van der Waals surface area contributed by atoms with Gasteiger partial charge in [0.25, 0.3) is 0 Å². The maximum absolute atomic E-state index is 12.0. The van der Waals surface area contributed by atoms with Crippen molar-refractivity contribution in [3.8, 4) is 0 Å². The Balaban J connectivity index is 0.00000261. The number of nitrogens with zero attached hydrogens (tertiary/aromatic N) is 1. The first-order valence-corrected chi connectivity index (χ1v) is 11.1. The number of halogens is 1. The molecule has 7 heteroatoms. The van der Waals surface area contributed by atoms with Crippen LogP contribution >= 0.6 is 35.9 Å². The highest BCUT2D eigenvalue weighted by atomic mass is 35.5. The van der Waals surface area contributed by atoms with Crippen LogP contribution in [0, 0.1) is 0 Å². The van der Waals surface area contributed by atoms with E-state index in [1.54, 1.807) is 11.8 Å². The molecule has 1 aliphatic heterocycles. The van der Waals surface area contributed by atoms with Crippen LogP contribution in [0.4, 0.5) is 11.4 Å². The first-order chi connectivity index (χ1) is 12.7. The fraction of sp³-hybridized carbons (Fsp3) is 0.350. The van der Waals surface area contributed by atoms with Crippen LogP contribution in [0.2, 0.25) is 0 Å². The highest BCUT2D eigenvalue weighted by Gasteiger charge is 2.22. The molecule has 146 valence electrons. The van der Waals surface area contributed by atoms with Crippen LogP contribution in [-0.2, 0) is 4.79 Å². The molecule has 2 aromatic carbocycles. The minimum atomic E-state index is -0.407. The van der Waals surface area contributed by atoms with Gasteiger partial charge in [0.2, 0.25) is 5.91 Å². The number of benzene rings is 2. The zero-order chi connectivity index (χ0) is 18.4. The van der Waals surface area contributed by atoms with Crippen molar-refractivity contribution in [2.45, 2.75) is 28.7 Å². The number of nitrogens with two attached hydrogens (primary N) is 1. The Hall–Kier alpha value is -1.34. The second kappa shape index (κ2) is 10.9. The molecular formula is C20H26ClN3OS2. The van der Waals surface area contributed by atoms with Gasteiger partial charge in [0, 0.05) is 22.9 Å². The van der Waals surface area contributed by atoms with Gasteiger partial charge in [-0.1, -0.05) is 36.0 Å². The van der Waals surface area contributed by atoms with Crippen molar-refractivity contribution in [1.29, 1.82) is 0 Å². The maximum Gasteiger partial charge on any atom is 0.236 e. The van der Waals surface area contributed by atoms with Gasteiger partial charge in [-0.2, -0.15) is 11.8 Å². The van der Waals surface area contributed by atoms with E-state index in [2.05, 4.69) is 58.7 Å². The summed E-state index contributed by atoms with van der Waals surface area (Å²) in [5.74, 6) is 0.863. The molecule has 0 bridgehead atoms. The summed E-state index contributed by atoms with van der Waals surface area (Å²) in [6.07, 6.45) is 3.61. The molecule has 0 spiro atoms. The number of rotatable bonds is 8. The van der Waals surface area contributed by atoms with Gasteiger partial charge in [-0.3, -0.25) is 4.79 Å². The lowest BCUT2D eigenvalue weighted by atomic mass is 10.2. The van der Waals surface area contributed by atoms with Crippen LogP contribution in [0.3, 0.4) is 0 Å². The summed E-state index contributed by atoms with van der Waals surface area (Å²) >= 11 is 3.52. The van der Waals surface area contributed by atoms with Crippen LogP contribution in [0.25, 0.3) is 0 Å². The average molecular weight is 424 g/mol. The van der Waals surface area contributed by atoms with Crippen LogP contribution in [0.5, 0.6) is 0 Å². The standard InChI is InChI=1S/C20H25N3OS2.ClH/c1-25-14-11-15(21)20(24)22-12-6-13-23-16-7-2-4-9-18(16)26-19-10-5-3-8-17(19)23;/h2-5,7-10,15H,6,11-14,21H2,1H3,(H,22,24);1H/t15-;/m0./s1. The number of nitrogens with one attached hydrogen (secondary N) is 1. The molecule has 0 aliphatic carbocycles. The van der Waals surface area contributed by atoms with Crippen molar-refractivity contribution in [3.63, 3.8) is 0 Å². The Morgan fingerprint density at radius 1 is 1.15 bits per heavy atom. The summed E-state index contributed by atoms with van der Waals surface area (Å²) in [6, 6.07) is 16.5. The third-order valence-electron chi connectivity index (χ3n) is 4.36. The first-order valence-electron chi connectivity index (χ1n) is 8.86. The molecule has 0 unspecified atom stereocenters. The molecule has 3 N–H and O–H groups in total. The molecule has 0 saturated heterocycles. The molecule has 0 aromatic heterocycles. The zero-order valence-electron chi connectivity index (χ0n) is 15.4. The first kappa shape index (κ1) is 22.0. The number of hydrogen-bond donors (Lipinski definition) is 2. The highest BCUT2D eigenvalue weighted by molar-refractivity contribution is 7.99. The molecule has 1 aliphatic rings. The molecule has 27 heavy (non-hydrogen) atoms. The lowest BCUT2D eigenvalue weighted by molar-refractivity contribution is -0.122. The number of para-hydroxylation sites is 2. The van der Waals surface area contributed by atoms with Gasteiger partial charge in [0.05, 0.1) is 17.4 Å². The van der Waals surface area contributed by atoms with Crippen molar-refractivity contribution in [2.75, 3.05) is 30.0 Å². The minimum Gasteiger partial charge on any atom is -0.355 e. The highest BCUT2D eigenvalue weighted by Crippen LogP contribution is 2.47. The number of amides is 1. The summed E-state index contributed by atoms with van der Waals surface area (Å²) in [5, 5.41) is 2.97. The Labute approximate surface area is 176 Å². The molecule has 1 atom stereocenters. The number of carbonyl (C=O) groups is 1. The molecule has 4 nitrogen and oxygen atoms in total. The van der Waals surface area contributed by atoms with Crippen molar-refractivity contribution < 1.29 is 4.79 Å². The normalized spacial score (nSPS) is 13.2. The maximum atomic E-state index is 12.0. The topological polar surface area (TPSA) is 58.4 Å².